The van der Waals surface area contributed by atoms with Gasteiger partial charge in [-0.1, -0.05) is 30.0 Å². The maximum atomic E-state index is 13.2. The molecule has 1 aromatic carbocycles. The van der Waals surface area contributed by atoms with E-state index in [1.165, 1.54) is 5.01 Å². The van der Waals surface area contributed by atoms with Crippen molar-refractivity contribution in [1.29, 1.82) is 5.41 Å². The van der Waals surface area contributed by atoms with Gasteiger partial charge in [0.25, 0.3) is 5.91 Å². The highest BCUT2D eigenvalue weighted by molar-refractivity contribution is 8.14. The van der Waals surface area contributed by atoms with Gasteiger partial charge in [0.15, 0.2) is 11.0 Å². The Hall–Kier alpha value is -2.19. The molecule has 2 saturated heterocycles. The fourth-order valence-corrected chi connectivity index (χ4v) is 4.72. The van der Waals surface area contributed by atoms with E-state index >= 15 is 0 Å². The second kappa shape index (κ2) is 8.06. The summed E-state index contributed by atoms with van der Waals surface area (Å²) in [6.45, 7) is 1.11. The molecule has 0 aliphatic carbocycles. The number of para-hydroxylation sites is 1. The number of aliphatic imine (C=N–C) groups is 2. The Balaban J connectivity index is 1.63. The third-order valence-corrected chi connectivity index (χ3v) is 6.77. The molecule has 0 aromatic heterocycles. The lowest BCUT2D eigenvalue weighted by molar-refractivity contribution is -0.205. The summed E-state index contributed by atoms with van der Waals surface area (Å²) in [5.41, 5.74) is -1.60. The number of carbonyl (C=O) groups excluding carboxylic acids is 1. The first-order chi connectivity index (χ1) is 14.7. The van der Waals surface area contributed by atoms with Crippen LogP contribution < -0.4 is 5.01 Å². The number of rotatable bonds is 3. The minimum Gasteiger partial charge on any atom is -0.394 e. The third-order valence-electron chi connectivity index (χ3n) is 5.75. The van der Waals surface area contributed by atoms with Crippen LogP contribution in [0.15, 0.2) is 40.3 Å². The number of amides is 1. The van der Waals surface area contributed by atoms with Crippen LogP contribution in [0.2, 0.25) is 0 Å². The third kappa shape index (κ3) is 3.40. The van der Waals surface area contributed by atoms with Crippen LogP contribution >= 0.6 is 11.8 Å². The predicted octanol–water partition coefficient (Wildman–Crippen LogP) is -1.04. The fraction of sp³-hybridized carbons (Fsp3) is 0.474. The number of nitrogens with one attached hydrogen (secondary N) is 1. The summed E-state index contributed by atoms with van der Waals surface area (Å²) >= 11 is 0.804. The van der Waals surface area contributed by atoms with Crippen LogP contribution in [0, 0.1) is 5.41 Å². The van der Waals surface area contributed by atoms with E-state index in [9.17, 15) is 25.2 Å². The summed E-state index contributed by atoms with van der Waals surface area (Å²) in [6, 6.07) is 8.96. The molecular weight excluding hydrogens is 426 g/mol. The van der Waals surface area contributed by atoms with Gasteiger partial charge in [0.2, 0.25) is 0 Å². The summed E-state index contributed by atoms with van der Waals surface area (Å²) in [6.07, 6.45) is -5.60. The SMILES string of the molecule is CN1N(c2ccccc2)C(=O)C2=NC(S[C@@H]3O[C@H](CO)[C@@H](O)[C@H](O)[C@H]3O)=NC(=N)C21C. The van der Waals surface area contributed by atoms with E-state index in [1.807, 2.05) is 6.07 Å². The maximum Gasteiger partial charge on any atom is 0.289 e. The fourth-order valence-electron chi connectivity index (χ4n) is 3.73. The van der Waals surface area contributed by atoms with Crippen LogP contribution in [0.1, 0.15) is 6.92 Å². The summed E-state index contributed by atoms with van der Waals surface area (Å²) in [5.74, 6) is -0.540. The molecule has 11 nitrogen and oxygen atoms in total. The zero-order chi connectivity index (χ0) is 22.5. The standard InChI is InChI=1S/C19H23N5O6S/c1-19-14(15(29)24(23(19)2)9-6-4-3-5-7-9)21-18(22-17(19)20)31-16-13(28)12(27)11(26)10(8-25)30-16/h3-7,10-13,16,20,25-28H,8H2,1-2H3/t10-,11-,12+,13-,16+,19?/m1/s1. The van der Waals surface area contributed by atoms with Crippen LogP contribution in [0.5, 0.6) is 0 Å². The lowest BCUT2D eigenvalue weighted by Crippen LogP contribution is -2.58. The minimum absolute atomic E-state index is 0.00142. The van der Waals surface area contributed by atoms with Crippen molar-refractivity contribution in [2.24, 2.45) is 9.98 Å². The van der Waals surface area contributed by atoms with Crippen molar-refractivity contribution in [3.8, 4) is 0 Å². The Bertz CT molecular complexity index is 956. The number of likely N-dealkylation sites (N-methyl/N-ethyl adjacent to an activating group) is 1. The summed E-state index contributed by atoms with van der Waals surface area (Å²) < 4.78 is 5.47. The van der Waals surface area contributed by atoms with Crippen molar-refractivity contribution in [1.82, 2.24) is 5.01 Å². The molecule has 3 heterocycles. The van der Waals surface area contributed by atoms with Crippen molar-refractivity contribution in [2.75, 3.05) is 18.7 Å². The number of hydrazine groups is 1. The van der Waals surface area contributed by atoms with E-state index in [0.29, 0.717) is 5.69 Å². The average molecular weight is 449 g/mol. The molecule has 2 fully saturated rings. The largest absolute Gasteiger partial charge is 0.394 e. The molecule has 6 atom stereocenters. The molecule has 0 spiro atoms. The Labute approximate surface area is 182 Å². The van der Waals surface area contributed by atoms with E-state index in [-0.39, 0.29) is 16.7 Å². The number of ether oxygens (including phenoxy) is 1. The van der Waals surface area contributed by atoms with Crippen molar-refractivity contribution in [3.63, 3.8) is 0 Å². The number of hydrogen-bond acceptors (Lipinski definition) is 10. The highest BCUT2D eigenvalue weighted by Gasteiger charge is 2.56. The quantitative estimate of drug-likeness (QED) is 0.391. The van der Waals surface area contributed by atoms with E-state index in [0.717, 1.165) is 11.8 Å². The van der Waals surface area contributed by atoms with Gasteiger partial charge in [-0.3, -0.25) is 10.2 Å². The Kier molecular flexibility index (Phi) is 5.72. The monoisotopic (exact) mass is 449 g/mol. The lowest BCUT2D eigenvalue weighted by atomic mass is 9.94. The molecular formula is C19H23N5O6S. The van der Waals surface area contributed by atoms with E-state index in [1.54, 1.807) is 43.2 Å². The number of aliphatic hydroxyl groups excluding tert-OH is 4. The number of carbonyl (C=O) groups is 1. The van der Waals surface area contributed by atoms with Crippen LogP contribution in [0.3, 0.4) is 0 Å². The summed E-state index contributed by atoms with van der Waals surface area (Å²) in [5, 5.41) is 51.1. The lowest BCUT2D eigenvalue weighted by Gasteiger charge is -2.39. The molecule has 3 aliphatic rings. The van der Waals surface area contributed by atoms with Crippen LogP contribution in [0.25, 0.3) is 0 Å². The molecule has 1 amide bonds. The summed E-state index contributed by atoms with van der Waals surface area (Å²) in [4.78, 5) is 21.7. The topological polar surface area (TPSA) is 162 Å². The maximum absolute atomic E-state index is 13.2. The summed E-state index contributed by atoms with van der Waals surface area (Å²) in [7, 11) is 1.67. The van der Waals surface area contributed by atoms with Crippen LogP contribution in [0.4, 0.5) is 5.69 Å². The highest BCUT2D eigenvalue weighted by atomic mass is 32.2. The molecule has 0 bridgehead atoms. The number of anilines is 1. The van der Waals surface area contributed by atoms with E-state index in [4.69, 9.17) is 10.1 Å². The Morgan fingerprint density at radius 2 is 1.84 bits per heavy atom. The number of amidine groups is 2. The molecule has 0 radical (unpaired) electrons. The van der Waals surface area contributed by atoms with E-state index < -0.39 is 47.9 Å². The van der Waals surface area contributed by atoms with Gasteiger partial charge in [0.1, 0.15) is 41.1 Å². The van der Waals surface area contributed by atoms with Crippen molar-refractivity contribution < 1.29 is 30.0 Å². The van der Waals surface area contributed by atoms with Crippen molar-refractivity contribution in [2.45, 2.75) is 42.3 Å². The molecule has 31 heavy (non-hydrogen) atoms. The van der Waals surface area contributed by atoms with Crippen LogP contribution in [-0.4, -0.2) is 97.1 Å². The van der Waals surface area contributed by atoms with Gasteiger partial charge in [-0.05, 0) is 19.1 Å². The number of nitrogens with zero attached hydrogens (tertiary/aromatic N) is 4. The molecule has 166 valence electrons. The minimum atomic E-state index is -1.54. The Morgan fingerprint density at radius 3 is 2.48 bits per heavy atom. The van der Waals surface area contributed by atoms with Gasteiger partial charge in [0.05, 0.1) is 12.3 Å². The molecule has 1 aromatic rings. The number of fused-ring (bicyclic) bond motifs is 1. The van der Waals surface area contributed by atoms with Gasteiger partial charge < -0.3 is 25.2 Å². The predicted molar refractivity (Wildman–Crippen MR) is 114 cm³/mol. The van der Waals surface area contributed by atoms with Crippen molar-refractivity contribution >= 4 is 40.1 Å². The highest BCUT2D eigenvalue weighted by Crippen LogP contribution is 2.37. The number of aliphatic hydroxyl groups is 4. The molecule has 3 aliphatic heterocycles. The van der Waals surface area contributed by atoms with Crippen LogP contribution in [-0.2, 0) is 9.53 Å². The van der Waals surface area contributed by atoms with Gasteiger partial charge in [-0.15, -0.1) is 0 Å². The molecule has 0 saturated carbocycles. The van der Waals surface area contributed by atoms with Gasteiger partial charge in [0, 0.05) is 7.05 Å². The first-order valence-corrected chi connectivity index (χ1v) is 10.5. The molecule has 1 unspecified atom stereocenters. The van der Waals surface area contributed by atoms with Gasteiger partial charge in [-0.25, -0.2) is 15.0 Å². The zero-order valence-corrected chi connectivity index (χ0v) is 17.6. The normalized spacial score (nSPS) is 36.3. The van der Waals surface area contributed by atoms with Gasteiger partial charge in [-0.2, -0.15) is 5.01 Å². The second-order valence-corrected chi connectivity index (χ2v) is 8.63. The second-order valence-electron chi connectivity index (χ2n) is 7.57. The average Bonchev–Trinajstić information content (AvgIpc) is 2.96. The molecule has 5 N–H and O–H groups in total. The molecule has 4 rings (SSSR count). The van der Waals surface area contributed by atoms with Crippen molar-refractivity contribution in [3.05, 3.63) is 30.3 Å². The number of hydrogen-bond donors (Lipinski definition) is 5. The zero-order valence-electron chi connectivity index (χ0n) is 16.8. The van der Waals surface area contributed by atoms with E-state index in [2.05, 4.69) is 9.98 Å². The first-order valence-electron chi connectivity index (χ1n) is 9.57. The molecule has 12 heteroatoms. The number of benzene rings is 1. The first kappa shape index (κ1) is 22.0. The smallest absolute Gasteiger partial charge is 0.289 e. The van der Waals surface area contributed by atoms with Gasteiger partial charge >= 0.3 is 0 Å². The number of thioether (sulfide) groups is 1. The Morgan fingerprint density at radius 1 is 1.16 bits per heavy atom.